The number of nitrogens with zero attached hydrogens (tertiary/aromatic N) is 3. The summed E-state index contributed by atoms with van der Waals surface area (Å²) in [5, 5.41) is 0.714. The van der Waals surface area contributed by atoms with E-state index in [-0.39, 0.29) is 6.61 Å². The van der Waals surface area contributed by atoms with E-state index >= 15 is 0 Å². The quantitative estimate of drug-likeness (QED) is 0.607. The lowest BCUT2D eigenvalue weighted by Gasteiger charge is -2.20. The summed E-state index contributed by atoms with van der Waals surface area (Å²) in [5.74, 6) is 0.792. The van der Waals surface area contributed by atoms with Gasteiger partial charge in [0.25, 0.3) is 0 Å². The molecule has 0 amide bonds. The highest BCUT2D eigenvalue weighted by molar-refractivity contribution is 7.98. The number of aromatic nitrogens is 2. The molecule has 0 bridgehead atoms. The Hall–Kier alpha value is -0.880. The third-order valence-electron chi connectivity index (χ3n) is 2.83. The summed E-state index contributed by atoms with van der Waals surface area (Å²) in [7, 11) is 1.53. The number of alkyl halides is 1. The van der Waals surface area contributed by atoms with Crippen molar-refractivity contribution in [2.75, 3.05) is 38.0 Å². The largest absolute Gasteiger partial charge is 0.381 e. The van der Waals surface area contributed by atoms with Crippen LogP contribution in [0.4, 0.5) is 10.2 Å². The molecule has 2 rings (SSSR count). The summed E-state index contributed by atoms with van der Waals surface area (Å²) < 4.78 is 19.1. The molecule has 2 heterocycles. The molecule has 1 fully saturated rings. The number of hydrogen-bond acceptors (Lipinski definition) is 5. The predicted molar refractivity (Wildman–Crippen MR) is 66.4 cm³/mol. The molecule has 0 spiro atoms. The first-order chi connectivity index (χ1) is 8.17. The lowest BCUT2D eigenvalue weighted by atomic mass is 10.1. The molecule has 0 N–H and O–H groups in total. The molecule has 4 nitrogen and oxygen atoms in total. The number of ether oxygens (including phenoxy) is 1. The highest BCUT2D eigenvalue weighted by Crippen LogP contribution is 2.29. The van der Waals surface area contributed by atoms with Crippen LogP contribution in [0.5, 0.6) is 0 Å². The highest BCUT2D eigenvalue weighted by atomic mass is 32.2. The highest BCUT2D eigenvalue weighted by Gasteiger charge is 2.38. The molecule has 0 aromatic carbocycles. The first-order valence-electron chi connectivity index (χ1n) is 5.47. The lowest BCUT2D eigenvalue weighted by molar-refractivity contribution is 0.0570. The fourth-order valence-corrected chi connectivity index (χ4v) is 2.36. The molecule has 1 aromatic rings. The Kier molecular flexibility index (Phi) is 3.83. The molecule has 1 aromatic heterocycles. The topological polar surface area (TPSA) is 38.2 Å². The number of halogens is 1. The molecule has 1 aliphatic rings. The van der Waals surface area contributed by atoms with Crippen molar-refractivity contribution in [3.63, 3.8) is 0 Å². The minimum absolute atomic E-state index is 0.143. The minimum atomic E-state index is -1.25. The van der Waals surface area contributed by atoms with Gasteiger partial charge in [-0.3, -0.25) is 0 Å². The molecule has 0 radical (unpaired) electrons. The van der Waals surface area contributed by atoms with Crippen molar-refractivity contribution in [3.05, 3.63) is 12.3 Å². The van der Waals surface area contributed by atoms with Gasteiger partial charge < -0.3 is 9.64 Å². The number of thioether (sulfide) groups is 1. The number of hydrogen-bond donors (Lipinski definition) is 0. The van der Waals surface area contributed by atoms with Crippen molar-refractivity contribution < 1.29 is 9.13 Å². The van der Waals surface area contributed by atoms with Gasteiger partial charge in [-0.15, -0.1) is 0 Å². The van der Waals surface area contributed by atoms with Crippen molar-refractivity contribution >= 4 is 17.6 Å². The lowest BCUT2D eigenvalue weighted by Crippen LogP contribution is -2.33. The molecule has 1 saturated heterocycles. The maximum atomic E-state index is 14.2. The van der Waals surface area contributed by atoms with Gasteiger partial charge in [0.1, 0.15) is 5.82 Å². The van der Waals surface area contributed by atoms with E-state index in [1.807, 2.05) is 17.2 Å². The summed E-state index contributed by atoms with van der Waals surface area (Å²) in [4.78, 5) is 10.4. The van der Waals surface area contributed by atoms with Crippen LogP contribution in [0.3, 0.4) is 0 Å². The van der Waals surface area contributed by atoms with Gasteiger partial charge in [-0.25, -0.2) is 14.4 Å². The zero-order valence-corrected chi connectivity index (χ0v) is 10.8. The van der Waals surface area contributed by atoms with Crippen LogP contribution in [0, 0.1) is 0 Å². The van der Waals surface area contributed by atoms with Crippen LogP contribution in [0.25, 0.3) is 0 Å². The van der Waals surface area contributed by atoms with Gasteiger partial charge in [-0.1, -0.05) is 11.8 Å². The van der Waals surface area contributed by atoms with E-state index < -0.39 is 5.67 Å². The third kappa shape index (κ3) is 2.87. The Morgan fingerprint density at radius 1 is 1.65 bits per heavy atom. The van der Waals surface area contributed by atoms with Gasteiger partial charge in [0.15, 0.2) is 10.8 Å². The van der Waals surface area contributed by atoms with Crippen LogP contribution in [0.2, 0.25) is 0 Å². The smallest absolute Gasteiger partial charge is 0.189 e. The zero-order chi connectivity index (χ0) is 12.3. The Labute approximate surface area is 105 Å². The van der Waals surface area contributed by atoms with Crippen molar-refractivity contribution in [3.8, 4) is 0 Å². The van der Waals surface area contributed by atoms with E-state index in [1.54, 1.807) is 6.20 Å². The molecule has 6 heteroatoms. The number of methoxy groups -OCH3 is 1. The fourth-order valence-electron chi connectivity index (χ4n) is 2.01. The van der Waals surface area contributed by atoms with E-state index in [0.717, 1.165) is 5.82 Å². The van der Waals surface area contributed by atoms with Gasteiger partial charge in [0.05, 0.1) is 13.2 Å². The molecule has 0 saturated carbocycles. The first-order valence-corrected chi connectivity index (χ1v) is 6.69. The fraction of sp³-hybridized carbons (Fsp3) is 0.636. The van der Waals surface area contributed by atoms with Gasteiger partial charge in [0.2, 0.25) is 0 Å². The second-order valence-corrected chi connectivity index (χ2v) is 4.93. The maximum absolute atomic E-state index is 14.2. The molecule has 1 unspecified atom stereocenters. The van der Waals surface area contributed by atoms with Crippen molar-refractivity contribution in [1.82, 2.24) is 9.97 Å². The summed E-state index contributed by atoms with van der Waals surface area (Å²) >= 11 is 1.48. The van der Waals surface area contributed by atoms with Crippen LogP contribution in [0.1, 0.15) is 6.42 Å². The second kappa shape index (κ2) is 5.18. The standard InChI is InChI=1S/C11H16FN3OS/c1-16-8-11(12)4-6-15(7-11)9-3-5-13-10(14-9)17-2/h3,5H,4,6-8H2,1-2H3. The molecular formula is C11H16FN3OS. The van der Waals surface area contributed by atoms with Gasteiger partial charge in [-0.05, 0) is 12.3 Å². The van der Waals surface area contributed by atoms with Gasteiger partial charge in [-0.2, -0.15) is 0 Å². The Bertz CT molecular complexity index is 393. The Morgan fingerprint density at radius 3 is 3.18 bits per heavy atom. The number of anilines is 1. The van der Waals surface area contributed by atoms with Gasteiger partial charge in [0, 0.05) is 26.3 Å². The van der Waals surface area contributed by atoms with Crippen molar-refractivity contribution in [2.45, 2.75) is 17.2 Å². The molecule has 1 aliphatic heterocycles. The van der Waals surface area contributed by atoms with E-state index in [1.165, 1.54) is 18.9 Å². The van der Waals surface area contributed by atoms with E-state index in [4.69, 9.17) is 4.74 Å². The maximum Gasteiger partial charge on any atom is 0.189 e. The van der Waals surface area contributed by atoms with Crippen LogP contribution >= 0.6 is 11.8 Å². The molecule has 1 atom stereocenters. The molecule has 0 aliphatic carbocycles. The van der Waals surface area contributed by atoms with Crippen LogP contribution in [-0.4, -0.2) is 48.7 Å². The number of rotatable bonds is 4. The normalized spacial score (nSPS) is 24.3. The van der Waals surface area contributed by atoms with E-state index in [9.17, 15) is 4.39 Å². The summed E-state index contributed by atoms with van der Waals surface area (Å²) in [6, 6.07) is 1.82. The third-order valence-corrected chi connectivity index (χ3v) is 3.39. The summed E-state index contributed by atoms with van der Waals surface area (Å²) in [5.41, 5.74) is -1.25. The summed E-state index contributed by atoms with van der Waals surface area (Å²) in [6.45, 7) is 1.15. The van der Waals surface area contributed by atoms with Crippen LogP contribution < -0.4 is 4.90 Å². The first kappa shape index (κ1) is 12.6. The average Bonchev–Trinajstić information content (AvgIpc) is 2.72. The monoisotopic (exact) mass is 257 g/mol. The molecule has 94 valence electrons. The second-order valence-electron chi connectivity index (χ2n) is 4.16. The SMILES string of the molecule is COCC1(F)CCN(c2ccnc(SC)n2)C1. The van der Waals surface area contributed by atoms with Crippen molar-refractivity contribution in [1.29, 1.82) is 0 Å². The zero-order valence-electron chi connectivity index (χ0n) is 10.0. The average molecular weight is 257 g/mol. The van der Waals surface area contributed by atoms with E-state index in [0.29, 0.717) is 24.7 Å². The van der Waals surface area contributed by atoms with E-state index in [2.05, 4.69) is 9.97 Å². The minimum Gasteiger partial charge on any atom is -0.381 e. The molecule has 17 heavy (non-hydrogen) atoms. The Balaban J connectivity index is 2.09. The Morgan fingerprint density at radius 2 is 2.47 bits per heavy atom. The molecular weight excluding hydrogens is 241 g/mol. The summed E-state index contributed by atoms with van der Waals surface area (Å²) in [6.07, 6.45) is 4.12. The van der Waals surface area contributed by atoms with Crippen molar-refractivity contribution in [2.24, 2.45) is 0 Å². The van der Waals surface area contributed by atoms with Crippen LogP contribution in [-0.2, 0) is 4.74 Å². The van der Waals surface area contributed by atoms with Crippen LogP contribution in [0.15, 0.2) is 17.4 Å². The van der Waals surface area contributed by atoms with Gasteiger partial charge >= 0.3 is 0 Å². The predicted octanol–water partition coefficient (Wildman–Crippen LogP) is 1.76.